The van der Waals surface area contributed by atoms with E-state index in [0.717, 1.165) is 25.9 Å². The fourth-order valence-corrected chi connectivity index (χ4v) is 4.30. The van der Waals surface area contributed by atoms with E-state index >= 15 is 0 Å². The molecule has 0 radical (unpaired) electrons. The van der Waals surface area contributed by atoms with E-state index in [2.05, 4.69) is 10.0 Å². The molecule has 0 spiro atoms. The van der Waals surface area contributed by atoms with Crippen LogP contribution in [0.3, 0.4) is 0 Å². The van der Waals surface area contributed by atoms with Gasteiger partial charge in [0.25, 0.3) is 0 Å². The Labute approximate surface area is 135 Å². The average Bonchev–Trinajstić information content (AvgIpc) is 2.53. The van der Waals surface area contributed by atoms with Crippen LogP contribution in [0.5, 0.6) is 11.5 Å². The van der Waals surface area contributed by atoms with Gasteiger partial charge in [-0.1, -0.05) is 11.6 Å². The number of sulfonamides is 1. The first-order valence-corrected chi connectivity index (χ1v) is 9.22. The maximum atomic E-state index is 12.5. The third-order valence-electron chi connectivity index (χ3n) is 3.85. The van der Waals surface area contributed by atoms with Crippen LogP contribution in [0.2, 0.25) is 5.02 Å². The first-order valence-electron chi connectivity index (χ1n) is 7.36. The number of fused-ring (bicyclic) bond motifs is 1. The normalized spacial score (nSPS) is 21.6. The number of hydrogen-bond acceptors (Lipinski definition) is 5. The van der Waals surface area contributed by atoms with Crippen LogP contribution in [-0.2, 0) is 10.0 Å². The summed E-state index contributed by atoms with van der Waals surface area (Å²) in [5, 5.41) is 3.40. The Morgan fingerprint density at radius 2 is 2.00 bits per heavy atom. The van der Waals surface area contributed by atoms with E-state index in [1.807, 2.05) is 0 Å². The zero-order chi connectivity index (χ0) is 15.6. The molecule has 1 atom stereocenters. The van der Waals surface area contributed by atoms with Gasteiger partial charge in [0.15, 0.2) is 11.5 Å². The van der Waals surface area contributed by atoms with E-state index in [1.54, 1.807) is 0 Å². The molecule has 3 rings (SSSR count). The number of hydrogen-bond donors (Lipinski definition) is 2. The lowest BCUT2D eigenvalue weighted by Gasteiger charge is -2.23. The molecule has 0 bridgehead atoms. The highest BCUT2D eigenvalue weighted by Crippen LogP contribution is 2.37. The highest BCUT2D eigenvalue weighted by atomic mass is 35.5. The quantitative estimate of drug-likeness (QED) is 0.861. The van der Waals surface area contributed by atoms with Crippen molar-refractivity contribution >= 4 is 21.6 Å². The van der Waals surface area contributed by atoms with E-state index in [0.29, 0.717) is 37.2 Å². The third-order valence-corrected chi connectivity index (χ3v) is 5.74. The van der Waals surface area contributed by atoms with Crippen LogP contribution in [0, 0.1) is 5.92 Å². The zero-order valence-corrected chi connectivity index (χ0v) is 13.7. The topological polar surface area (TPSA) is 76.7 Å². The van der Waals surface area contributed by atoms with Crippen molar-refractivity contribution in [1.82, 2.24) is 10.0 Å². The van der Waals surface area contributed by atoms with E-state index in [-0.39, 0.29) is 9.92 Å². The van der Waals surface area contributed by atoms with Gasteiger partial charge in [-0.2, -0.15) is 0 Å². The molecule has 8 heteroatoms. The van der Waals surface area contributed by atoms with Gasteiger partial charge >= 0.3 is 0 Å². The molecule has 0 saturated carbocycles. The van der Waals surface area contributed by atoms with E-state index in [4.69, 9.17) is 21.1 Å². The molecule has 0 aliphatic carbocycles. The van der Waals surface area contributed by atoms with Gasteiger partial charge in [-0.05, 0) is 31.8 Å². The van der Waals surface area contributed by atoms with Crippen LogP contribution in [0.4, 0.5) is 0 Å². The fraction of sp³-hybridized carbons (Fsp3) is 0.571. The summed E-state index contributed by atoms with van der Waals surface area (Å²) in [6.07, 6.45) is 2.08. The summed E-state index contributed by atoms with van der Waals surface area (Å²) in [5.41, 5.74) is 0. The van der Waals surface area contributed by atoms with Crippen molar-refractivity contribution < 1.29 is 17.9 Å². The largest absolute Gasteiger partial charge is 0.486 e. The molecule has 2 aliphatic rings. The van der Waals surface area contributed by atoms with Crippen molar-refractivity contribution in [2.75, 3.05) is 32.8 Å². The highest BCUT2D eigenvalue weighted by Gasteiger charge is 2.24. The summed E-state index contributed by atoms with van der Waals surface area (Å²) in [7, 11) is -3.67. The summed E-state index contributed by atoms with van der Waals surface area (Å²) >= 11 is 6.10. The minimum atomic E-state index is -3.67. The summed E-state index contributed by atoms with van der Waals surface area (Å²) in [4.78, 5) is 0.0298. The molecule has 1 aromatic carbocycles. The molecule has 1 fully saturated rings. The number of rotatable bonds is 4. The number of benzene rings is 1. The predicted octanol–water partition coefficient (Wildman–Crippen LogP) is 1.39. The first kappa shape index (κ1) is 15.9. The summed E-state index contributed by atoms with van der Waals surface area (Å²) < 4.78 is 38.4. The van der Waals surface area contributed by atoms with E-state index < -0.39 is 10.0 Å². The fourth-order valence-electron chi connectivity index (χ4n) is 2.65. The maximum absolute atomic E-state index is 12.5. The molecule has 2 heterocycles. The molecular formula is C14H19ClN2O4S. The molecular weight excluding hydrogens is 328 g/mol. The number of nitrogens with one attached hydrogen (secondary N) is 2. The Balaban J connectivity index is 1.76. The lowest BCUT2D eigenvalue weighted by molar-refractivity contribution is 0.171. The minimum absolute atomic E-state index is 0.0298. The Hall–Kier alpha value is -1.02. The zero-order valence-electron chi connectivity index (χ0n) is 12.1. The molecule has 122 valence electrons. The molecule has 22 heavy (non-hydrogen) atoms. The highest BCUT2D eigenvalue weighted by molar-refractivity contribution is 7.89. The third kappa shape index (κ3) is 3.48. The van der Waals surface area contributed by atoms with E-state index in [1.165, 1.54) is 12.1 Å². The van der Waals surface area contributed by atoms with Gasteiger partial charge in [0.05, 0.1) is 5.02 Å². The summed E-state index contributed by atoms with van der Waals surface area (Å²) in [6.45, 7) is 3.06. The van der Waals surface area contributed by atoms with Crippen molar-refractivity contribution in [1.29, 1.82) is 0 Å². The van der Waals surface area contributed by atoms with Gasteiger partial charge in [0, 0.05) is 18.7 Å². The van der Waals surface area contributed by atoms with Gasteiger partial charge in [0.1, 0.15) is 18.1 Å². The van der Waals surface area contributed by atoms with Gasteiger partial charge in [-0.3, -0.25) is 0 Å². The second-order valence-corrected chi connectivity index (χ2v) is 7.63. The van der Waals surface area contributed by atoms with Gasteiger partial charge in [-0.15, -0.1) is 0 Å². The Morgan fingerprint density at radius 3 is 2.68 bits per heavy atom. The average molecular weight is 347 g/mol. The van der Waals surface area contributed by atoms with Crippen LogP contribution < -0.4 is 19.5 Å². The molecule has 1 aromatic rings. The second kappa shape index (κ2) is 6.62. The Kier molecular flexibility index (Phi) is 4.77. The lowest BCUT2D eigenvalue weighted by atomic mass is 10.0. The molecule has 1 saturated heterocycles. The van der Waals surface area contributed by atoms with Crippen LogP contribution >= 0.6 is 11.6 Å². The van der Waals surface area contributed by atoms with Crippen molar-refractivity contribution in [2.45, 2.75) is 17.7 Å². The number of piperidine rings is 1. The molecule has 0 aromatic heterocycles. The van der Waals surface area contributed by atoms with Gasteiger partial charge in [0.2, 0.25) is 10.0 Å². The van der Waals surface area contributed by atoms with Crippen molar-refractivity contribution in [2.24, 2.45) is 5.92 Å². The SMILES string of the molecule is O=S(=O)(NCC1CCCNC1)c1cc2c(cc1Cl)OCCO2. The first-order chi connectivity index (χ1) is 10.6. The van der Waals surface area contributed by atoms with Crippen molar-refractivity contribution in [3.05, 3.63) is 17.2 Å². The molecule has 0 amide bonds. The minimum Gasteiger partial charge on any atom is -0.486 e. The standard InChI is InChI=1S/C14H19ClN2O4S/c15-11-6-12-13(21-5-4-20-12)7-14(11)22(18,19)17-9-10-2-1-3-16-8-10/h6-7,10,16-17H,1-5,8-9H2. The Morgan fingerprint density at radius 1 is 1.27 bits per heavy atom. The summed E-state index contributed by atoms with van der Waals surface area (Å²) in [6, 6.07) is 2.92. The smallest absolute Gasteiger partial charge is 0.242 e. The van der Waals surface area contributed by atoms with Crippen LogP contribution in [0.1, 0.15) is 12.8 Å². The predicted molar refractivity (Wildman–Crippen MR) is 83.2 cm³/mol. The Bertz CT molecular complexity index is 644. The van der Waals surface area contributed by atoms with Crippen molar-refractivity contribution in [3.63, 3.8) is 0 Å². The van der Waals surface area contributed by atoms with E-state index in [9.17, 15) is 8.42 Å². The second-order valence-electron chi connectivity index (χ2n) is 5.49. The molecule has 2 N–H and O–H groups in total. The lowest BCUT2D eigenvalue weighted by Crippen LogP contribution is -2.38. The summed E-state index contributed by atoms with van der Waals surface area (Å²) in [5.74, 6) is 1.20. The maximum Gasteiger partial charge on any atom is 0.242 e. The van der Waals surface area contributed by atoms with Gasteiger partial charge < -0.3 is 14.8 Å². The molecule has 2 aliphatic heterocycles. The van der Waals surface area contributed by atoms with Crippen LogP contribution in [0.25, 0.3) is 0 Å². The number of halogens is 1. The van der Waals surface area contributed by atoms with Crippen molar-refractivity contribution in [3.8, 4) is 11.5 Å². The number of ether oxygens (including phenoxy) is 2. The van der Waals surface area contributed by atoms with Gasteiger partial charge in [-0.25, -0.2) is 13.1 Å². The monoisotopic (exact) mass is 346 g/mol. The van der Waals surface area contributed by atoms with Crippen LogP contribution in [-0.4, -0.2) is 41.3 Å². The molecule has 1 unspecified atom stereocenters. The molecule has 6 nitrogen and oxygen atoms in total. The van der Waals surface area contributed by atoms with Crippen LogP contribution in [0.15, 0.2) is 17.0 Å².